The fourth-order valence-electron chi connectivity index (χ4n) is 3.23. The van der Waals surface area contributed by atoms with E-state index < -0.39 is 0 Å². The Morgan fingerprint density at radius 2 is 2.16 bits per heavy atom. The summed E-state index contributed by atoms with van der Waals surface area (Å²) in [5.74, 6) is 0.0919. The van der Waals surface area contributed by atoms with Crippen LogP contribution < -0.4 is 10.6 Å². The quantitative estimate of drug-likeness (QED) is 0.860. The van der Waals surface area contributed by atoms with Crippen LogP contribution in [0.25, 0.3) is 0 Å². The van der Waals surface area contributed by atoms with Gasteiger partial charge in [-0.1, -0.05) is 18.2 Å². The zero-order chi connectivity index (χ0) is 13.1. The summed E-state index contributed by atoms with van der Waals surface area (Å²) in [6, 6.07) is 9.66. The Morgan fingerprint density at radius 3 is 2.89 bits per heavy atom. The molecule has 2 N–H and O–H groups in total. The number of nitrogens with one attached hydrogen (secondary N) is 2. The second-order valence-corrected chi connectivity index (χ2v) is 5.80. The third-order valence-corrected chi connectivity index (χ3v) is 4.27. The molecule has 0 aromatic heterocycles. The molecule has 102 valence electrons. The van der Waals surface area contributed by atoms with Crippen LogP contribution in [0.5, 0.6) is 0 Å². The Bertz CT molecular complexity index is 440. The van der Waals surface area contributed by atoms with E-state index in [1.54, 1.807) is 0 Å². The van der Waals surface area contributed by atoms with Crippen molar-refractivity contribution in [1.29, 1.82) is 0 Å². The van der Waals surface area contributed by atoms with Crippen LogP contribution in [0, 0.1) is 5.41 Å². The van der Waals surface area contributed by atoms with Crippen LogP contribution in [0.15, 0.2) is 30.3 Å². The first-order chi connectivity index (χ1) is 9.26. The molecule has 19 heavy (non-hydrogen) atoms. The van der Waals surface area contributed by atoms with Gasteiger partial charge in [0.25, 0.3) is 0 Å². The topological polar surface area (TPSA) is 44.4 Å². The summed E-state index contributed by atoms with van der Waals surface area (Å²) in [7, 11) is 0. The SMILES string of the molecule is O=C(CN1CCC2(CCNC2)C1)Nc1ccccc1. The molecule has 1 amide bonds. The molecule has 0 saturated carbocycles. The molecule has 0 radical (unpaired) electrons. The van der Waals surface area contributed by atoms with Gasteiger partial charge in [-0.2, -0.15) is 0 Å². The Kier molecular flexibility index (Phi) is 3.53. The van der Waals surface area contributed by atoms with Crippen LogP contribution >= 0.6 is 0 Å². The fourth-order valence-corrected chi connectivity index (χ4v) is 3.23. The zero-order valence-electron chi connectivity index (χ0n) is 11.2. The number of rotatable bonds is 3. The monoisotopic (exact) mass is 259 g/mol. The predicted octanol–water partition coefficient (Wildman–Crippen LogP) is 1.31. The van der Waals surface area contributed by atoms with E-state index in [0.29, 0.717) is 12.0 Å². The molecule has 1 aromatic rings. The normalized spacial score (nSPS) is 26.9. The van der Waals surface area contributed by atoms with Crippen molar-refractivity contribution in [2.75, 3.05) is 38.0 Å². The van der Waals surface area contributed by atoms with Gasteiger partial charge in [-0.3, -0.25) is 9.69 Å². The Balaban J connectivity index is 1.51. The van der Waals surface area contributed by atoms with Crippen molar-refractivity contribution in [1.82, 2.24) is 10.2 Å². The Hall–Kier alpha value is -1.39. The summed E-state index contributed by atoms with van der Waals surface area (Å²) in [5, 5.41) is 6.39. The van der Waals surface area contributed by atoms with E-state index in [9.17, 15) is 4.79 Å². The third kappa shape index (κ3) is 2.96. The van der Waals surface area contributed by atoms with Gasteiger partial charge in [0.2, 0.25) is 5.91 Å². The summed E-state index contributed by atoms with van der Waals surface area (Å²) in [6.45, 7) is 4.86. The number of carbonyl (C=O) groups is 1. The highest BCUT2D eigenvalue weighted by Crippen LogP contribution is 2.35. The minimum atomic E-state index is 0.0919. The van der Waals surface area contributed by atoms with Crippen molar-refractivity contribution in [3.05, 3.63) is 30.3 Å². The molecular formula is C15H21N3O. The summed E-state index contributed by atoms with van der Waals surface area (Å²) in [5.41, 5.74) is 1.32. The summed E-state index contributed by atoms with van der Waals surface area (Å²) >= 11 is 0. The maximum Gasteiger partial charge on any atom is 0.238 e. The molecule has 1 aromatic carbocycles. The lowest BCUT2D eigenvalue weighted by atomic mass is 9.87. The zero-order valence-corrected chi connectivity index (χ0v) is 11.2. The lowest BCUT2D eigenvalue weighted by Gasteiger charge is -2.22. The molecule has 2 saturated heterocycles. The smallest absolute Gasteiger partial charge is 0.238 e. The molecule has 2 aliphatic heterocycles. The number of likely N-dealkylation sites (tertiary alicyclic amines) is 1. The molecule has 4 heteroatoms. The Labute approximate surface area is 114 Å². The predicted molar refractivity (Wildman–Crippen MR) is 76.0 cm³/mol. The van der Waals surface area contributed by atoms with E-state index in [0.717, 1.165) is 31.9 Å². The number of nitrogens with zero attached hydrogens (tertiary/aromatic N) is 1. The number of carbonyl (C=O) groups excluding carboxylic acids is 1. The van der Waals surface area contributed by atoms with Gasteiger partial charge in [0.05, 0.1) is 6.54 Å². The standard InChI is InChI=1S/C15H21N3O/c19-14(17-13-4-2-1-3-5-13)10-18-9-7-15(12-18)6-8-16-11-15/h1-5,16H,6-12H2,(H,17,19). The maximum atomic E-state index is 12.0. The molecular weight excluding hydrogens is 238 g/mol. The van der Waals surface area contributed by atoms with Crippen molar-refractivity contribution < 1.29 is 4.79 Å². The molecule has 2 fully saturated rings. The van der Waals surface area contributed by atoms with Crippen LogP contribution in [0.1, 0.15) is 12.8 Å². The molecule has 2 heterocycles. The number of amides is 1. The largest absolute Gasteiger partial charge is 0.325 e. The van der Waals surface area contributed by atoms with Gasteiger partial charge in [0.15, 0.2) is 0 Å². The first-order valence-electron chi connectivity index (χ1n) is 7.04. The molecule has 1 atom stereocenters. The molecule has 1 unspecified atom stereocenters. The highest BCUT2D eigenvalue weighted by molar-refractivity contribution is 5.92. The summed E-state index contributed by atoms with van der Waals surface area (Å²) < 4.78 is 0. The van der Waals surface area contributed by atoms with Gasteiger partial charge in [-0.25, -0.2) is 0 Å². The van der Waals surface area contributed by atoms with E-state index in [2.05, 4.69) is 15.5 Å². The second kappa shape index (κ2) is 5.31. The van der Waals surface area contributed by atoms with Gasteiger partial charge in [-0.05, 0) is 43.5 Å². The average molecular weight is 259 g/mol. The van der Waals surface area contributed by atoms with Crippen LogP contribution in [0.3, 0.4) is 0 Å². The van der Waals surface area contributed by atoms with Crippen molar-refractivity contribution >= 4 is 11.6 Å². The number of para-hydroxylation sites is 1. The summed E-state index contributed by atoms with van der Waals surface area (Å²) in [4.78, 5) is 14.3. The first-order valence-corrected chi connectivity index (χ1v) is 7.04. The highest BCUT2D eigenvalue weighted by Gasteiger charge is 2.40. The fraction of sp³-hybridized carbons (Fsp3) is 0.533. The average Bonchev–Trinajstić information content (AvgIpc) is 3.02. The lowest BCUT2D eigenvalue weighted by molar-refractivity contribution is -0.117. The van der Waals surface area contributed by atoms with E-state index >= 15 is 0 Å². The van der Waals surface area contributed by atoms with Crippen molar-refractivity contribution in [2.45, 2.75) is 12.8 Å². The minimum Gasteiger partial charge on any atom is -0.325 e. The van der Waals surface area contributed by atoms with E-state index in [4.69, 9.17) is 0 Å². The molecule has 0 aliphatic carbocycles. The number of hydrogen-bond acceptors (Lipinski definition) is 3. The lowest BCUT2D eigenvalue weighted by Crippen LogP contribution is -2.34. The summed E-state index contributed by atoms with van der Waals surface area (Å²) in [6.07, 6.45) is 2.47. The molecule has 1 spiro atoms. The molecule has 0 bridgehead atoms. The van der Waals surface area contributed by atoms with Crippen molar-refractivity contribution in [3.8, 4) is 0 Å². The van der Waals surface area contributed by atoms with Gasteiger partial charge in [-0.15, -0.1) is 0 Å². The number of benzene rings is 1. The molecule has 2 aliphatic rings. The van der Waals surface area contributed by atoms with Crippen LogP contribution in [-0.4, -0.2) is 43.5 Å². The van der Waals surface area contributed by atoms with Crippen molar-refractivity contribution in [3.63, 3.8) is 0 Å². The van der Waals surface area contributed by atoms with Gasteiger partial charge >= 0.3 is 0 Å². The third-order valence-electron chi connectivity index (χ3n) is 4.27. The second-order valence-electron chi connectivity index (χ2n) is 5.80. The number of hydrogen-bond donors (Lipinski definition) is 2. The van der Waals surface area contributed by atoms with Crippen LogP contribution in [-0.2, 0) is 4.79 Å². The van der Waals surface area contributed by atoms with Gasteiger partial charge < -0.3 is 10.6 Å². The van der Waals surface area contributed by atoms with E-state index in [1.165, 1.54) is 12.8 Å². The molecule has 4 nitrogen and oxygen atoms in total. The van der Waals surface area contributed by atoms with E-state index in [-0.39, 0.29) is 5.91 Å². The van der Waals surface area contributed by atoms with Crippen LogP contribution in [0.2, 0.25) is 0 Å². The first kappa shape index (κ1) is 12.6. The maximum absolute atomic E-state index is 12.0. The van der Waals surface area contributed by atoms with Crippen molar-refractivity contribution in [2.24, 2.45) is 5.41 Å². The van der Waals surface area contributed by atoms with Crippen LogP contribution in [0.4, 0.5) is 5.69 Å². The van der Waals surface area contributed by atoms with Gasteiger partial charge in [0.1, 0.15) is 0 Å². The number of anilines is 1. The highest BCUT2D eigenvalue weighted by atomic mass is 16.2. The minimum absolute atomic E-state index is 0.0919. The molecule has 3 rings (SSSR count). The van der Waals surface area contributed by atoms with Gasteiger partial charge in [0, 0.05) is 18.8 Å². The van der Waals surface area contributed by atoms with E-state index in [1.807, 2.05) is 30.3 Å². The Morgan fingerprint density at radius 1 is 1.32 bits per heavy atom.